The Bertz CT molecular complexity index is 874. The number of aryl methyl sites for hydroxylation is 2. The van der Waals surface area contributed by atoms with Crippen molar-refractivity contribution in [3.05, 3.63) is 71.4 Å². The van der Waals surface area contributed by atoms with Gasteiger partial charge < -0.3 is 14.6 Å². The molecule has 3 rings (SSSR count). The molecule has 0 aliphatic rings. The molecule has 0 unspecified atom stereocenters. The number of carbonyl (C=O) groups excluding carboxylic acids is 1. The van der Waals surface area contributed by atoms with Crippen LogP contribution in [0.15, 0.2) is 53.1 Å². The number of amides is 1. The summed E-state index contributed by atoms with van der Waals surface area (Å²) in [6.07, 6.45) is 0.454. The van der Waals surface area contributed by atoms with Crippen LogP contribution in [0, 0.1) is 13.8 Å². The van der Waals surface area contributed by atoms with E-state index in [1.165, 1.54) is 0 Å². The van der Waals surface area contributed by atoms with Gasteiger partial charge in [0, 0.05) is 5.69 Å². The molecule has 0 saturated heterocycles. The van der Waals surface area contributed by atoms with E-state index in [0.717, 1.165) is 11.1 Å². The van der Waals surface area contributed by atoms with Gasteiger partial charge in [0.25, 0.3) is 5.91 Å². The Morgan fingerprint density at radius 3 is 2.76 bits per heavy atom. The van der Waals surface area contributed by atoms with Crippen LogP contribution >= 0.6 is 0 Å². The van der Waals surface area contributed by atoms with Gasteiger partial charge in [0.05, 0.1) is 6.42 Å². The predicted octanol–water partition coefficient (Wildman–Crippen LogP) is 3.29. The van der Waals surface area contributed by atoms with E-state index in [4.69, 9.17) is 9.26 Å². The lowest BCUT2D eigenvalue weighted by molar-refractivity contribution is -0.118. The van der Waals surface area contributed by atoms with Gasteiger partial charge in [-0.25, -0.2) is 0 Å². The Morgan fingerprint density at radius 2 is 2.00 bits per heavy atom. The van der Waals surface area contributed by atoms with Gasteiger partial charge >= 0.3 is 0 Å². The third-order valence-electron chi connectivity index (χ3n) is 3.56. The Hall–Kier alpha value is -3.15. The van der Waals surface area contributed by atoms with Gasteiger partial charge in [-0.05, 0) is 43.2 Å². The molecule has 0 atom stereocenters. The normalized spacial score (nSPS) is 10.5. The molecule has 25 heavy (non-hydrogen) atoms. The van der Waals surface area contributed by atoms with Gasteiger partial charge in [0.2, 0.25) is 5.89 Å². The minimum absolute atomic E-state index is 0.0581. The van der Waals surface area contributed by atoms with Gasteiger partial charge in [-0.3, -0.25) is 4.79 Å². The van der Waals surface area contributed by atoms with E-state index in [1.54, 1.807) is 6.92 Å². The first-order chi connectivity index (χ1) is 12.1. The van der Waals surface area contributed by atoms with E-state index in [1.807, 2.05) is 55.5 Å². The van der Waals surface area contributed by atoms with E-state index in [-0.39, 0.29) is 12.5 Å². The van der Waals surface area contributed by atoms with E-state index in [0.29, 0.717) is 29.6 Å². The summed E-state index contributed by atoms with van der Waals surface area (Å²) in [4.78, 5) is 16.4. The summed E-state index contributed by atoms with van der Waals surface area (Å²) in [5.74, 6) is 1.54. The number of aromatic nitrogens is 2. The second-order valence-electron chi connectivity index (χ2n) is 5.72. The lowest BCUT2D eigenvalue weighted by Gasteiger charge is -2.11. The Kier molecular flexibility index (Phi) is 5.09. The third-order valence-corrected chi connectivity index (χ3v) is 3.56. The average molecular weight is 337 g/mol. The number of nitrogens with one attached hydrogen (secondary N) is 1. The molecule has 2 aromatic carbocycles. The number of anilines is 1. The maximum Gasteiger partial charge on any atom is 0.262 e. The van der Waals surface area contributed by atoms with Crippen molar-refractivity contribution >= 4 is 11.6 Å². The van der Waals surface area contributed by atoms with Gasteiger partial charge in [-0.15, -0.1) is 0 Å². The number of ether oxygens (including phenoxy) is 1. The molecule has 0 aliphatic heterocycles. The van der Waals surface area contributed by atoms with Gasteiger partial charge in [0.1, 0.15) is 5.75 Å². The minimum atomic E-state index is -0.226. The molecule has 0 fully saturated rings. The van der Waals surface area contributed by atoms with Crippen LogP contribution in [-0.2, 0) is 11.2 Å². The smallest absolute Gasteiger partial charge is 0.262 e. The molecule has 1 N–H and O–H groups in total. The second kappa shape index (κ2) is 7.61. The maximum absolute atomic E-state index is 12.2. The Balaban J connectivity index is 1.63. The van der Waals surface area contributed by atoms with E-state index >= 15 is 0 Å². The summed E-state index contributed by atoms with van der Waals surface area (Å²) in [7, 11) is 0. The average Bonchev–Trinajstić information content (AvgIpc) is 3.00. The van der Waals surface area contributed by atoms with Crippen LogP contribution in [0.25, 0.3) is 0 Å². The molecule has 0 spiro atoms. The fourth-order valence-corrected chi connectivity index (χ4v) is 2.41. The zero-order valence-corrected chi connectivity index (χ0v) is 14.2. The zero-order valence-electron chi connectivity index (χ0n) is 14.2. The van der Waals surface area contributed by atoms with Crippen LogP contribution in [-0.4, -0.2) is 22.7 Å². The summed E-state index contributed by atoms with van der Waals surface area (Å²) < 4.78 is 10.7. The van der Waals surface area contributed by atoms with Gasteiger partial charge in [-0.2, -0.15) is 4.98 Å². The van der Waals surface area contributed by atoms with Crippen molar-refractivity contribution in [3.63, 3.8) is 0 Å². The highest BCUT2D eigenvalue weighted by atomic mass is 16.5. The first-order valence-corrected chi connectivity index (χ1v) is 7.96. The minimum Gasteiger partial charge on any atom is -0.484 e. The standard InChI is InChI=1S/C19H19N3O3/c1-13-6-5-8-16(10-13)24-12-18(23)21-17-9-4-3-7-15(17)11-19-20-14(2)22-25-19/h3-10H,11-12H2,1-2H3,(H,21,23). The molecular weight excluding hydrogens is 318 g/mol. The van der Waals surface area contributed by atoms with Crippen LogP contribution in [0.4, 0.5) is 5.69 Å². The third kappa shape index (κ3) is 4.67. The maximum atomic E-state index is 12.2. The Morgan fingerprint density at radius 1 is 1.16 bits per heavy atom. The lowest BCUT2D eigenvalue weighted by atomic mass is 10.1. The molecule has 0 saturated carbocycles. The number of hydrogen-bond acceptors (Lipinski definition) is 5. The van der Waals surface area contributed by atoms with Crippen molar-refractivity contribution in [3.8, 4) is 5.75 Å². The monoisotopic (exact) mass is 337 g/mol. The number of para-hydroxylation sites is 1. The van der Waals surface area contributed by atoms with Crippen molar-refractivity contribution in [1.29, 1.82) is 0 Å². The quantitative estimate of drug-likeness (QED) is 0.747. The molecule has 0 aliphatic carbocycles. The number of rotatable bonds is 6. The summed E-state index contributed by atoms with van der Waals surface area (Å²) in [6.45, 7) is 3.68. The largest absolute Gasteiger partial charge is 0.484 e. The van der Waals surface area contributed by atoms with Gasteiger partial charge in [-0.1, -0.05) is 35.5 Å². The van der Waals surface area contributed by atoms with Crippen molar-refractivity contribution in [1.82, 2.24) is 10.1 Å². The van der Waals surface area contributed by atoms with Crippen LogP contribution in [0.1, 0.15) is 22.8 Å². The highest BCUT2D eigenvalue weighted by Gasteiger charge is 2.11. The number of benzene rings is 2. The van der Waals surface area contributed by atoms with Crippen molar-refractivity contribution in [2.75, 3.05) is 11.9 Å². The van der Waals surface area contributed by atoms with Gasteiger partial charge in [0.15, 0.2) is 12.4 Å². The van der Waals surface area contributed by atoms with Crippen LogP contribution < -0.4 is 10.1 Å². The molecule has 0 radical (unpaired) electrons. The molecule has 1 amide bonds. The number of hydrogen-bond donors (Lipinski definition) is 1. The summed E-state index contributed by atoms with van der Waals surface area (Å²) in [6, 6.07) is 15.1. The summed E-state index contributed by atoms with van der Waals surface area (Å²) in [5, 5.41) is 6.65. The molecule has 6 nitrogen and oxygen atoms in total. The zero-order chi connectivity index (χ0) is 17.6. The highest BCUT2D eigenvalue weighted by molar-refractivity contribution is 5.92. The second-order valence-corrected chi connectivity index (χ2v) is 5.72. The van der Waals surface area contributed by atoms with Crippen molar-refractivity contribution in [2.45, 2.75) is 20.3 Å². The predicted molar refractivity (Wildman–Crippen MR) is 93.6 cm³/mol. The van der Waals surface area contributed by atoms with E-state index < -0.39 is 0 Å². The molecule has 0 bridgehead atoms. The summed E-state index contributed by atoms with van der Waals surface area (Å²) in [5.41, 5.74) is 2.68. The topological polar surface area (TPSA) is 77.2 Å². The fraction of sp³-hybridized carbons (Fsp3) is 0.211. The first-order valence-electron chi connectivity index (χ1n) is 7.96. The molecular formula is C19H19N3O3. The number of carbonyl (C=O) groups is 1. The van der Waals surface area contributed by atoms with Crippen molar-refractivity contribution < 1.29 is 14.1 Å². The van der Waals surface area contributed by atoms with Crippen molar-refractivity contribution in [2.24, 2.45) is 0 Å². The van der Waals surface area contributed by atoms with E-state index in [2.05, 4.69) is 15.5 Å². The fourth-order valence-electron chi connectivity index (χ4n) is 2.41. The van der Waals surface area contributed by atoms with Crippen LogP contribution in [0.5, 0.6) is 5.75 Å². The number of nitrogens with zero attached hydrogens (tertiary/aromatic N) is 2. The molecule has 3 aromatic rings. The highest BCUT2D eigenvalue weighted by Crippen LogP contribution is 2.19. The molecule has 1 heterocycles. The summed E-state index contributed by atoms with van der Waals surface area (Å²) >= 11 is 0. The molecule has 6 heteroatoms. The SMILES string of the molecule is Cc1cccc(OCC(=O)Nc2ccccc2Cc2nc(C)no2)c1. The van der Waals surface area contributed by atoms with E-state index in [9.17, 15) is 4.79 Å². The Labute approximate surface area is 145 Å². The van der Waals surface area contributed by atoms with Crippen LogP contribution in [0.3, 0.4) is 0 Å². The lowest BCUT2D eigenvalue weighted by Crippen LogP contribution is -2.21. The first kappa shape index (κ1) is 16.7. The molecule has 1 aromatic heterocycles. The molecule has 128 valence electrons. The van der Waals surface area contributed by atoms with Crippen LogP contribution in [0.2, 0.25) is 0 Å².